The predicted molar refractivity (Wildman–Crippen MR) is 55.9 cm³/mol. The topological polar surface area (TPSA) is 9.23 Å². The fourth-order valence-corrected chi connectivity index (χ4v) is 0.894. The highest BCUT2D eigenvalue weighted by Gasteiger charge is 2.21. The quantitative estimate of drug-likeness (QED) is 0.701. The van der Waals surface area contributed by atoms with Crippen molar-refractivity contribution in [2.45, 2.75) is 33.8 Å². The van der Waals surface area contributed by atoms with Crippen molar-refractivity contribution >= 4 is 0 Å². The van der Waals surface area contributed by atoms with Crippen LogP contribution in [0.15, 0.2) is 24.3 Å². The first-order valence-corrected chi connectivity index (χ1v) is 4.82. The zero-order valence-corrected chi connectivity index (χ0v) is 9.17. The highest BCUT2D eigenvalue weighted by atomic mass is 19.1. The van der Waals surface area contributed by atoms with Gasteiger partial charge in [0.05, 0.1) is 0 Å². The van der Waals surface area contributed by atoms with E-state index in [0.29, 0.717) is 5.75 Å². The van der Waals surface area contributed by atoms with E-state index in [1.54, 1.807) is 12.1 Å². The molecule has 2 heteroatoms. The Hall–Kier alpha value is -1.05. The molecular weight excluding hydrogens is 179 g/mol. The third kappa shape index (κ3) is 3.02. The summed E-state index contributed by atoms with van der Waals surface area (Å²) in [6.07, 6.45) is 0.105. The molecule has 1 unspecified atom stereocenters. The Labute approximate surface area is 84.9 Å². The highest BCUT2D eigenvalue weighted by Crippen LogP contribution is 2.24. The van der Waals surface area contributed by atoms with E-state index in [0.717, 1.165) is 0 Å². The summed E-state index contributed by atoms with van der Waals surface area (Å²) in [6, 6.07) is 6.12. The predicted octanol–water partition coefficient (Wildman–Crippen LogP) is 3.64. The maximum absolute atomic E-state index is 12.6. The molecule has 0 aromatic heterocycles. The van der Waals surface area contributed by atoms with Crippen molar-refractivity contribution in [2.75, 3.05) is 0 Å². The first-order valence-electron chi connectivity index (χ1n) is 4.82. The van der Waals surface area contributed by atoms with Gasteiger partial charge >= 0.3 is 0 Å². The molecule has 1 aromatic carbocycles. The molecule has 0 N–H and O–H groups in total. The first-order chi connectivity index (χ1) is 6.39. The molecule has 0 spiro atoms. The summed E-state index contributed by atoms with van der Waals surface area (Å²) in [5, 5.41) is 0. The number of halogens is 1. The summed E-state index contributed by atoms with van der Waals surface area (Å²) >= 11 is 0. The first kappa shape index (κ1) is 11.0. The molecule has 1 nitrogen and oxygen atoms in total. The molecule has 0 bridgehead atoms. The van der Waals surface area contributed by atoms with Gasteiger partial charge in [-0.15, -0.1) is 0 Å². The second-order valence-corrected chi connectivity index (χ2v) is 4.58. The van der Waals surface area contributed by atoms with Gasteiger partial charge in [-0.2, -0.15) is 0 Å². The fraction of sp³-hybridized carbons (Fsp3) is 0.500. The fourth-order valence-electron chi connectivity index (χ4n) is 0.894. The SMILES string of the molecule is CC(Oc1ccc(F)cc1)C(C)(C)C. The molecule has 1 aromatic rings. The van der Waals surface area contributed by atoms with Crippen molar-refractivity contribution in [3.63, 3.8) is 0 Å². The van der Waals surface area contributed by atoms with E-state index in [1.165, 1.54) is 12.1 Å². The Morgan fingerprint density at radius 1 is 1.14 bits per heavy atom. The van der Waals surface area contributed by atoms with Crippen LogP contribution >= 0.6 is 0 Å². The van der Waals surface area contributed by atoms with E-state index in [9.17, 15) is 4.39 Å². The van der Waals surface area contributed by atoms with Crippen molar-refractivity contribution in [3.8, 4) is 5.75 Å². The van der Waals surface area contributed by atoms with Crippen LogP contribution in [-0.2, 0) is 0 Å². The molecule has 0 heterocycles. The number of ether oxygens (including phenoxy) is 1. The van der Waals surface area contributed by atoms with Crippen LogP contribution in [0.5, 0.6) is 5.75 Å². The van der Waals surface area contributed by atoms with Crippen LogP contribution < -0.4 is 4.74 Å². The van der Waals surface area contributed by atoms with Gasteiger partial charge in [0.25, 0.3) is 0 Å². The minimum absolute atomic E-state index is 0.0917. The van der Waals surface area contributed by atoms with Crippen LogP contribution in [0.3, 0.4) is 0 Å². The Morgan fingerprint density at radius 2 is 1.64 bits per heavy atom. The number of hydrogen-bond donors (Lipinski definition) is 0. The maximum Gasteiger partial charge on any atom is 0.123 e. The van der Waals surface area contributed by atoms with Gasteiger partial charge in [0.15, 0.2) is 0 Å². The molecule has 14 heavy (non-hydrogen) atoms. The van der Waals surface area contributed by atoms with E-state index in [4.69, 9.17) is 4.74 Å². The molecule has 0 aliphatic heterocycles. The smallest absolute Gasteiger partial charge is 0.123 e. The Bertz CT molecular complexity index is 284. The zero-order valence-electron chi connectivity index (χ0n) is 9.17. The molecule has 0 saturated carbocycles. The van der Waals surface area contributed by atoms with E-state index >= 15 is 0 Å². The van der Waals surface area contributed by atoms with Crippen LogP contribution in [0.4, 0.5) is 4.39 Å². The lowest BCUT2D eigenvalue weighted by molar-refractivity contribution is 0.103. The number of hydrogen-bond acceptors (Lipinski definition) is 1. The Balaban J connectivity index is 2.65. The molecular formula is C12H17FO. The van der Waals surface area contributed by atoms with E-state index in [1.807, 2.05) is 6.92 Å². The van der Waals surface area contributed by atoms with Gasteiger partial charge in [0.1, 0.15) is 17.7 Å². The van der Waals surface area contributed by atoms with Crippen LogP contribution in [0.1, 0.15) is 27.7 Å². The Morgan fingerprint density at radius 3 is 2.07 bits per heavy atom. The standard InChI is InChI=1S/C12H17FO/c1-9(12(2,3)4)14-11-7-5-10(13)6-8-11/h5-9H,1-4H3. The molecule has 1 rings (SSSR count). The van der Waals surface area contributed by atoms with Gasteiger partial charge < -0.3 is 4.74 Å². The molecule has 0 radical (unpaired) electrons. The average Bonchev–Trinajstić information content (AvgIpc) is 2.07. The molecule has 78 valence electrons. The largest absolute Gasteiger partial charge is 0.490 e. The third-order valence-corrected chi connectivity index (χ3v) is 2.35. The van der Waals surface area contributed by atoms with Crippen molar-refractivity contribution < 1.29 is 9.13 Å². The van der Waals surface area contributed by atoms with Gasteiger partial charge in [-0.25, -0.2) is 4.39 Å². The molecule has 0 aliphatic rings. The monoisotopic (exact) mass is 196 g/mol. The van der Waals surface area contributed by atoms with E-state index in [2.05, 4.69) is 20.8 Å². The minimum Gasteiger partial charge on any atom is -0.490 e. The van der Waals surface area contributed by atoms with E-state index < -0.39 is 0 Å². The summed E-state index contributed by atoms with van der Waals surface area (Å²) < 4.78 is 18.3. The van der Waals surface area contributed by atoms with Crippen LogP contribution in [0.2, 0.25) is 0 Å². The molecule has 0 fully saturated rings. The second-order valence-electron chi connectivity index (χ2n) is 4.58. The lowest BCUT2D eigenvalue weighted by Crippen LogP contribution is -2.28. The lowest BCUT2D eigenvalue weighted by atomic mass is 9.90. The minimum atomic E-state index is -0.235. The van der Waals surface area contributed by atoms with Gasteiger partial charge in [-0.05, 0) is 36.6 Å². The van der Waals surface area contributed by atoms with Crippen LogP contribution in [0, 0.1) is 11.2 Å². The van der Waals surface area contributed by atoms with Gasteiger partial charge in [-0.1, -0.05) is 20.8 Å². The number of rotatable bonds is 2. The van der Waals surface area contributed by atoms with Crippen molar-refractivity contribution in [3.05, 3.63) is 30.1 Å². The molecule has 0 aliphatic carbocycles. The molecule has 0 saturated heterocycles. The van der Waals surface area contributed by atoms with Gasteiger partial charge in [0, 0.05) is 0 Å². The van der Waals surface area contributed by atoms with Gasteiger partial charge in [0.2, 0.25) is 0 Å². The average molecular weight is 196 g/mol. The normalized spacial score (nSPS) is 13.8. The van der Waals surface area contributed by atoms with Crippen LogP contribution in [0.25, 0.3) is 0 Å². The van der Waals surface area contributed by atoms with Crippen molar-refractivity contribution in [2.24, 2.45) is 5.41 Å². The number of benzene rings is 1. The summed E-state index contributed by atoms with van der Waals surface area (Å²) in [6.45, 7) is 8.35. The summed E-state index contributed by atoms with van der Waals surface area (Å²) in [5.74, 6) is 0.481. The maximum atomic E-state index is 12.6. The third-order valence-electron chi connectivity index (χ3n) is 2.35. The zero-order chi connectivity index (χ0) is 10.8. The summed E-state index contributed by atoms with van der Waals surface area (Å²) in [7, 11) is 0. The van der Waals surface area contributed by atoms with Crippen molar-refractivity contribution in [1.29, 1.82) is 0 Å². The Kier molecular flexibility index (Phi) is 3.14. The van der Waals surface area contributed by atoms with E-state index in [-0.39, 0.29) is 17.3 Å². The van der Waals surface area contributed by atoms with Gasteiger partial charge in [-0.3, -0.25) is 0 Å². The molecule has 0 amide bonds. The lowest BCUT2D eigenvalue weighted by Gasteiger charge is -2.27. The van der Waals surface area contributed by atoms with Crippen molar-refractivity contribution in [1.82, 2.24) is 0 Å². The van der Waals surface area contributed by atoms with Crippen LogP contribution in [-0.4, -0.2) is 6.10 Å². The second kappa shape index (κ2) is 3.99. The highest BCUT2D eigenvalue weighted by molar-refractivity contribution is 5.22. The summed E-state index contributed by atoms with van der Waals surface area (Å²) in [5.41, 5.74) is 0.0917. The molecule has 1 atom stereocenters. The summed E-state index contributed by atoms with van der Waals surface area (Å²) in [4.78, 5) is 0.